The Morgan fingerprint density at radius 1 is 0.331 bits per heavy atom. The fourth-order valence-electron chi connectivity index (χ4n) is 16.8. The minimum atomic E-state index is -0.124. The van der Waals surface area contributed by atoms with E-state index in [1.807, 2.05) is 254 Å². The second kappa shape index (κ2) is 42.6. The molecule has 698 valence electrons. The largest absolute Gasteiger partial charge is 0.352 e. The van der Waals surface area contributed by atoms with Gasteiger partial charge in [-0.2, -0.15) is 0 Å². The molecule has 1 unspecified atom stereocenters. The molecule has 10 aromatic heterocycles. The van der Waals surface area contributed by atoms with E-state index in [0.717, 1.165) is 151 Å². The molecule has 10 N–H and O–H groups in total. The number of pyridine rings is 5. The topological polar surface area (TPSA) is 273 Å². The van der Waals surface area contributed by atoms with Crippen LogP contribution >= 0.6 is 115 Å². The summed E-state index contributed by atoms with van der Waals surface area (Å²) >= 11 is 39.7. The Labute approximate surface area is 845 Å². The molecule has 1 aliphatic heterocycles. The van der Waals surface area contributed by atoms with Crippen LogP contribution in [-0.2, 0) is 0 Å². The number of anilines is 10. The van der Waals surface area contributed by atoms with Gasteiger partial charge in [-0.05, 0) is 227 Å². The number of piperidine rings is 1. The van der Waals surface area contributed by atoms with Crippen molar-refractivity contribution in [3.63, 3.8) is 0 Å². The first-order valence-electron chi connectivity index (χ1n) is 45.5. The lowest BCUT2D eigenvalue weighted by Crippen LogP contribution is -2.46. The Hall–Kier alpha value is -13.2. The molecule has 3 aliphatic rings. The third-order valence-electron chi connectivity index (χ3n) is 23.9. The van der Waals surface area contributed by atoms with E-state index in [4.69, 9.17) is 82.9 Å². The number of halogens is 5. The van der Waals surface area contributed by atoms with Crippen molar-refractivity contribution < 1.29 is 24.0 Å². The van der Waals surface area contributed by atoms with Crippen molar-refractivity contribution in [1.29, 1.82) is 0 Å². The van der Waals surface area contributed by atoms with E-state index in [1.165, 1.54) is 12.8 Å². The van der Waals surface area contributed by atoms with E-state index in [9.17, 15) is 24.0 Å². The molecule has 23 rings (SSSR count). The van der Waals surface area contributed by atoms with Gasteiger partial charge in [0.2, 0.25) is 0 Å². The molecule has 11 heterocycles. The highest BCUT2D eigenvalue weighted by atomic mass is 35.5. The van der Waals surface area contributed by atoms with Gasteiger partial charge in [-0.25, -0.2) is 24.9 Å². The van der Waals surface area contributed by atoms with Gasteiger partial charge >= 0.3 is 0 Å². The predicted molar refractivity (Wildman–Crippen MR) is 583 cm³/mol. The molecule has 1 saturated heterocycles. The van der Waals surface area contributed by atoms with Crippen molar-refractivity contribution in [3.8, 4) is 0 Å². The summed E-state index contributed by atoms with van der Waals surface area (Å²) in [6, 6.07) is 77.5. The van der Waals surface area contributed by atoms with Gasteiger partial charge in [0, 0.05) is 91.6 Å². The van der Waals surface area contributed by atoms with Crippen LogP contribution in [0.15, 0.2) is 270 Å². The normalized spacial score (nSPS) is 13.5. The monoisotopic (exact) mass is 2030 g/mol. The number of likely N-dealkylation sites (N-methyl/N-ethyl adjacent to an activating group) is 1. The van der Waals surface area contributed by atoms with E-state index >= 15 is 0 Å². The van der Waals surface area contributed by atoms with E-state index < -0.39 is 0 Å². The molecule has 0 bridgehead atoms. The molecule has 21 nitrogen and oxygen atoms in total. The predicted octanol–water partition coefficient (Wildman–Crippen LogP) is 29.0. The van der Waals surface area contributed by atoms with Crippen LogP contribution in [0, 0.1) is 5.92 Å². The molecule has 2 aliphatic carbocycles. The molecule has 3 fully saturated rings. The lowest BCUT2D eigenvalue weighted by atomic mass is 10.0. The number of amides is 5. The van der Waals surface area contributed by atoms with Gasteiger partial charge in [0.15, 0.2) is 0 Å². The highest BCUT2D eigenvalue weighted by Crippen LogP contribution is 2.45. The van der Waals surface area contributed by atoms with Crippen molar-refractivity contribution in [2.45, 2.75) is 77.4 Å². The number of hydrogen-bond acceptors (Lipinski definition) is 21. The van der Waals surface area contributed by atoms with Crippen LogP contribution in [0.1, 0.15) is 111 Å². The summed E-state index contributed by atoms with van der Waals surface area (Å²) in [6.07, 6.45) is 6.61. The fourth-order valence-corrected chi connectivity index (χ4v) is 22.0. The quantitative estimate of drug-likeness (QED) is 0.0320. The summed E-state index contributed by atoms with van der Waals surface area (Å²) in [6.45, 7) is 9.04. The lowest BCUT2D eigenvalue weighted by Gasteiger charge is -2.30. The van der Waals surface area contributed by atoms with E-state index in [0.29, 0.717) is 128 Å². The summed E-state index contributed by atoms with van der Waals surface area (Å²) in [5.74, 6) is 3.73. The van der Waals surface area contributed by atoms with E-state index in [2.05, 4.69) is 95.4 Å². The zero-order valence-electron chi connectivity index (χ0n) is 75.5. The van der Waals surface area contributed by atoms with Crippen LogP contribution in [0.4, 0.5) is 57.5 Å². The number of carbonyl (C=O) groups is 5. The average molecular weight is 2030 g/mol. The van der Waals surface area contributed by atoms with E-state index in [-0.39, 0.29) is 41.6 Å². The maximum absolute atomic E-state index is 13.2. The number of carbonyl (C=O) groups excluding carboxylic acids is 5. The third-order valence-corrected chi connectivity index (χ3v) is 30.1. The van der Waals surface area contributed by atoms with Gasteiger partial charge in [0.05, 0.1) is 132 Å². The lowest BCUT2D eigenvalue weighted by molar-refractivity contribution is 0.0909. The first kappa shape index (κ1) is 94.8. The molecular weight excluding hydrogens is 1940 g/mol. The van der Waals surface area contributed by atoms with Crippen molar-refractivity contribution in [3.05, 3.63) is 322 Å². The number of likely N-dealkylation sites (tertiary alicyclic amines) is 1. The fraction of sp³-hybridized carbons (Fsp3) is 0.167. The number of benzene rings is 10. The third kappa shape index (κ3) is 21.2. The highest BCUT2D eigenvalue weighted by molar-refractivity contribution is 7.19. The molecule has 1 atom stereocenters. The molecule has 2 saturated carbocycles. The summed E-state index contributed by atoms with van der Waals surface area (Å²) < 4.78 is 5.19. The highest BCUT2D eigenvalue weighted by Gasteiger charge is 2.29. The van der Waals surface area contributed by atoms with Gasteiger partial charge in [-0.1, -0.05) is 179 Å². The first-order valence-corrected chi connectivity index (χ1v) is 51.8. The Balaban J connectivity index is 0.000000111. The van der Waals surface area contributed by atoms with Gasteiger partial charge in [-0.3, -0.25) is 24.0 Å². The zero-order chi connectivity index (χ0) is 95.9. The molecule has 0 radical (unpaired) electrons. The molecule has 31 heteroatoms. The number of fused-ring (bicyclic) bond motifs is 15. The molecule has 20 aromatic rings. The van der Waals surface area contributed by atoms with Crippen LogP contribution in [0.2, 0.25) is 25.1 Å². The van der Waals surface area contributed by atoms with Crippen LogP contribution < -0.4 is 53.2 Å². The molecule has 10 aromatic carbocycles. The van der Waals surface area contributed by atoms with Crippen molar-refractivity contribution >= 4 is 307 Å². The first-order chi connectivity index (χ1) is 67.7. The Kier molecular flexibility index (Phi) is 29.1. The maximum Gasteiger partial charge on any atom is 0.253 e. The molecule has 5 amide bonds. The second-order valence-corrected chi connectivity index (χ2v) is 40.7. The number of nitrogens with zero attached hydrogens (tertiary/aromatic N) is 6. The zero-order valence-corrected chi connectivity index (χ0v) is 83.4. The summed E-state index contributed by atoms with van der Waals surface area (Å²) in [4.78, 5) is 90.4. The molecule has 0 spiro atoms. The minimum absolute atomic E-state index is 0.0540. The number of hydrogen-bond donors (Lipinski definition) is 10. The standard InChI is InChI=1S/C24H23ClN4OS.C22H18ClN3OS.C21H16ClN3OS.C21H18ClN3OS.C20H16ClN3OS/c1-29-12-5-6-15(14-29)26-24(30)18-8-4-7-16-17-11-13-31-22(17)23(28-21(16)18)27-20-10-3-2-9-19(20)25;23-17-6-1-2-7-18(17)25-21-20-15(10-11-28-20)14-4-3-5-16(19(14)26-21)22(27)24-12-13-8-9-13;22-16-6-1-2-7-17(16)24-20-19-14(10-11-27-19)13-4-3-5-15(18(13)25-20)21(26)23-12-8-9-12;1-12(2)23-21(26)15-7-5-6-13-14-10-11-27-19(14)20(25-18(13)15)24-17-9-4-3-8-16(17)22;1-2-22-20(25)14-7-5-6-12-13-10-11-26-18(13)19(24-17(12)14)23-16-9-4-3-8-15(16)21/h2-4,7-11,13,15H,5-6,12,14H2,1H3,(H,26,30)(H,27,28);1-7,10-11,13H,8-9,12H2,(H,24,27)(H,25,26);1-7,10-12H,8-9H2,(H,23,26)(H,24,25);3-12H,1-2H3,(H,23,26)(H,24,25);3-11H,2H2,1H3,(H,22,25)(H,23,24). The van der Waals surface area contributed by atoms with E-state index in [1.54, 1.807) is 62.8 Å². The van der Waals surface area contributed by atoms with Crippen molar-refractivity contribution in [2.75, 3.05) is 59.8 Å². The number of rotatable bonds is 21. The molecular formula is C108H91Cl5N16O5S5. The Morgan fingerprint density at radius 2 is 0.612 bits per heavy atom. The Bertz CT molecular complexity index is 7920. The minimum Gasteiger partial charge on any atom is -0.352 e. The van der Waals surface area contributed by atoms with Crippen LogP contribution in [0.5, 0.6) is 0 Å². The van der Waals surface area contributed by atoms with Crippen LogP contribution in [0.3, 0.4) is 0 Å². The Morgan fingerprint density at radius 3 is 0.885 bits per heavy atom. The molecule has 139 heavy (non-hydrogen) atoms. The van der Waals surface area contributed by atoms with Gasteiger partial charge < -0.3 is 58.1 Å². The summed E-state index contributed by atoms with van der Waals surface area (Å²) in [7, 11) is 2.09. The number of nitrogens with one attached hydrogen (secondary N) is 10. The van der Waals surface area contributed by atoms with Crippen LogP contribution in [-0.4, -0.2) is 111 Å². The SMILES string of the molecule is CC(C)NC(=O)c1cccc2c1nc(Nc1ccccc1Cl)c1sccc12.CCNC(=O)c1cccc2c1nc(Nc1ccccc1Cl)c1sccc12.CN1CCCC(NC(=O)c2cccc3c2nc(Nc2ccccc2Cl)c2sccc23)C1.O=C(NC1CC1)c1cccc2c1nc(Nc1ccccc1Cl)c1sccc12.O=C(NCC1CC1)c1cccc2c1nc(Nc1ccccc1Cl)c1sccc12. The maximum atomic E-state index is 13.2. The van der Waals surface area contributed by atoms with Crippen LogP contribution in [0.25, 0.3) is 105 Å². The number of para-hydroxylation sites is 10. The van der Waals surface area contributed by atoms with Gasteiger partial charge in [-0.15, -0.1) is 56.7 Å². The average Bonchev–Trinajstić information content (AvgIpc) is 1.69. The number of aromatic nitrogens is 5. The summed E-state index contributed by atoms with van der Waals surface area (Å²) in [5.41, 5.74) is 10.4. The van der Waals surface area contributed by atoms with Gasteiger partial charge in [0.1, 0.15) is 29.1 Å². The second-order valence-electron chi connectivity index (χ2n) is 34.1. The summed E-state index contributed by atoms with van der Waals surface area (Å²) in [5, 5.41) is 55.5. The van der Waals surface area contributed by atoms with Crippen molar-refractivity contribution in [1.82, 2.24) is 56.4 Å². The van der Waals surface area contributed by atoms with Crippen molar-refractivity contribution in [2.24, 2.45) is 5.92 Å². The number of thiophene rings is 5. The smallest absolute Gasteiger partial charge is 0.253 e. The van der Waals surface area contributed by atoms with Gasteiger partial charge in [0.25, 0.3) is 29.5 Å².